The van der Waals surface area contributed by atoms with E-state index in [1.807, 2.05) is 0 Å². The van der Waals surface area contributed by atoms with Gasteiger partial charge in [-0.3, -0.25) is 0 Å². The van der Waals surface area contributed by atoms with Crippen molar-refractivity contribution in [3.8, 4) is 17.2 Å². The van der Waals surface area contributed by atoms with E-state index in [-0.39, 0.29) is 43.7 Å². The van der Waals surface area contributed by atoms with Crippen LogP contribution in [0.3, 0.4) is 0 Å². The van der Waals surface area contributed by atoms with E-state index in [0.29, 0.717) is 11.5 Å². The Kier molecular flexibility index (Phi) is 4.92. The van der Waals surface area contributed by atoms with Gasteiger partial charge in [-0.05, 0) is 30.3 Å². The molecular weight excluding hydrogens is 393 g/mol. The number of sulfonamides is 1. The number of hydrogen-bond acceptors (Lipinski definition) is 7. The van der Waals surface area contributed by atoms with Crippen LogP contribution in [0.1, 0.15) is 10.4 Å². The SMILES string of the molecule is O=C(Oc1ccc2c(c1)OCO2)c1cc(S(=O)(=O)N2CCOCC2)ccc1F. The largest absolute Gasteiger partial charge is 0.454 e. The number of rotatable bonds is 4. The molecule has 10 heteroatoms. The molecule has 0 radical (unpaired) electrons. The highest BCUT2D eigenvalue weighted by Gasteiger charge is 2.28. The molecule has 28 heavy (non-hydrogen) atoms. The van der Waals surface area contributed by atoms with Crippen LogP contribution in [-0.4, -0.2) is 51.8 Å². The number of morpholine rings is 1. The van der Waals surface area contributed by atoms with Gasteiger partial charge < -0.3 is 18.9 Å². The van der Waals surface area contributed by atoms with Gasteiger partial charge in [-0.2, -0.15) is 4.31 Å². The summed E-state index contributed by atoms with van der Waals surface area (Å²) < 4.78 is 61.6. The zero-order chi connectivity index (χ0) is 19.7. The van der Waals surface area contributed by atoms with Crippen molar-refractivity contribution in [1.82, 2.24) is 4.31 Å². The zero-order valence-corrected chi connectivity index (χ0v) is 15.4. The molecule has 0 unspecified atom stereocenters. The van der Waals surface area contributed by atoms with Crippen molar-refractivity contribution in [3.63, 3.8) is 0 Å². The van der Waals surface area contributed by atoms with E-state index in [1.165, 1.54) is 16.4 Å². The monoisotopic (exact) mass is 409 g/mol. The lowest BCUT2D eigenvalue weighted by molar-refractivity contribution is 0.0724. The van der Waals surface area contributed by atoms with Crippen LogP contribution in [0, 0.1) is 5.82 Å². The summed E-state index contributed by atoms with van der Waals surface area (Å²) in [6, 6.07) is 7.50. The first-order valence-electron chi connectivity index (χ1n) is 8.44. The highest BCUT2D eigenvalue weighted by molar-refractivity contribution is 7.89. The third-order valence-electron chi connectivity index (χ3n) is 4.32. The third-order valence-corrected chi connectivity index (χ3v) is 6.21. The predicted octanol–water partition coefficient (Wildman–Crippen LogP) is 1.79. The highest BCUT2D eigenvalue weighted by Crippen LogP contribution is 2.35. The Labute approximate surface area is 160 Å². The summed E-state index contributed by atoms with van der Waals surface area (Å²) in [4.78, 5) is 12.2. The minimum Gasteiger partial charge on any atom is -0.454 e. The second-order valence-electron chi connectivity index (χ2n) is 6.06. The van der Waals surface area contributed by atoms with Gasteiger partial charge in [-0.25, -0.2) is 17.6 Å². The van der Waals surface area contributed by atoms with Crippen LogP contribution in [0.25, 0.3) is 0 Å². The van der Waals surface area contributed by atoms with Gasteiger partial charge >= 0.3 is 5.97 Å². The molecule has 0 saturated carbocycles. The van der Waals surface area contributed by atoms with E-state index < -0.39 is 27.4 Å². The molecule has 8 nitrogen and oxygen atoms in total. The number of ether oxygens (including phenoxy) is 4. The second-order valence-corrected chi connectivity index (χ2v) is 8.00. The predicted molar refractivity (Wildman–Crippen MR) is 93.5 cm³/mol. The van der Waals surface area contributed by atoms with Crippen LogP contribution < -0.4 is 14.2 Å². The first-order valence-corrected chi connectivity index (χ1v) is 9.88. The van der Waals surface area contributed by atoms with Gasteiger partial charge in [0.2, 0.25) is 16.8 Å². The Balaban J connectivity index is 1.59. The average molecular weight is 409 g/mol. The van der Waals surface area contributed by atoms with Crippen molar-refractivity contribution in [1.29, 1.82) is 0 Å². The van der Waals surface area contributed by atoms with E-state index in [2.05, 4.69) is 0 Å². The van der Waals surface area contributed by atoms with Gasteiger partial charge in [-0.15, -0.1) is 0 Å². The number of hydrogen-bond donors (Lipinski definition) is 0. The number of carbonyl (C=O) groups excluding carboxylic acids is 1. The lowest BCUT2D eigenvalue weighted by atomic mass is 10.2. The summed E-state index contributed by atoms with van der Waals surface area (Å²) in [6.45, 7) is 0.995. The molecule has 4 rings (SSSR count). The Hall–Kier alpha value is -2.69. The molecule has 2 aliphatic rings. The highest BCUT2D eigenvalue weighted by atomic mass is 32.2. The fraction of sp³-hybridized carbons (Fsp3) is 0.278. The van der Waals surface area contributed by atoms with E-state index in [0.717, 1.165) is 18.2 Å². The maximum atomic E-state index is 14.2. The first-order chi connectivity index (χ1) is 13.4. The average Bonchev–Trinajstić information content (AvgIpc) is 3.16. The number of halogens is 1. The molecule has 148 valence electrons. The fourth-order valence-electron chi connectivity index (χ4n) is 2.86. The summed E-state index contributed by atoms with van der Waals surface area (Å²) in [7, 11) is -3.87. The second kappa shape index (κ2) is 7.38. The van der Waals surface area contributed by atoms with Crippen molar-refractivity contribution in [2.24, 2.45) is 0 Å². The quantitative estimate of drug-likeness (QED) is 0.562. The fourth-order valence-corrected chi connectivity index (χ4v) is 4.29. The van der Waals surface area contributed by atoms with Gasteiger partial charge in [0.05, 0.1) is 23.7 Å². The van der Waals surface area contributed by atoms with Gasteiger partial charge in [0, 0.05) is 19.2 Å². The molecule has 0 amide bonds. The van der Waals surface area contributed by atoms with Crippen molar-refractivity contribution < 1.29 is 36.6 Å². The van der Waals surface area contributed by atoms with Crippen LogP contribution in [0.15, 0.2) is 41.3 Å². The Morgan fingerprint density at radius 1 is 1.04 bits per heavy atom. The lowest BCUT2D eigenvalue weighted by Crippen LogP contribution is -2.40. The van der Waals surface area contributed by atoms with Crippen LogP contribution in [-0.2, 0) is 14.8 Å². The van der Waals surface area contributed by atoms with Crippen molar-refractivity contribution in [2.75, 3.05) is 33.1 Å². The Morgan fingerprint density at radius 3 is 2.57 bits per heavy atom. The van der Waals surface area contributed by atoms with E-state index in [9.17, 15) is 17.6 Å². The van der Waals surface area contributed by atoms with Crippen molar-refractivity contribution in [3.05, 3.63) is 47.8 Å². The normalized spacial score (nSPS) is 16.8. The summed E-state index contributed by atoms with van der Waals surface area (Å²) in [6.07, 6.45) is 0. The number of benzene rings is 2. The van der Waals surface area contributed by atoms with Gasteiger partial charge in [0.1, 0.15) is 11.6 Å². The summed E-state index contributed by atoms with van der Waals surface area (Å²) in [5.41, 5.74) is -0.480. The van der Waals surface area contributed by atoms with Crippen molar-refractivity contribution in [2.45, 2.75) is 4.90 Å². The van der Waals surface area contributed by atoms with Gasteiger partial charge in [-0.1, -0.05) is 0 Å². The maximum Gasteiger partial charge on any atom is 0.346 e. The van der Waals surface area contributed by atoms with E-state index in [4.69, 9.17) is 18.9 Å². The Morgan fingerprint density at radius 2 is 1.79 bits per heavy atom. The molecule has 1 saturated heterocycles. The summed E-state index contributed by atoms with van der Waals surface area (Å²) in [5, 5.41) is 0. The molecular formula is C18H16FNO7S. The molecule has 2 heterocycles. The molecule has 2 aromatic carbocycles. The molecule has 0 atom stereocenters. The number of carbonyl (C=O) groups is 1. The minimum absolute atomic E-state index is 0.0583. The third kappa shape index (κ3) is 3.53. The van der Waals surface area contributed by atoms with E-state index in [1.54, 1.807) is 6.07 Å². The standard InChI is InChI=1S/C18H16FNO7S/c19-15-3-2-13(28(22,23)20-5-7-24-8-6-20)10-14(15)18(21)27-12-1-4-16-17(9-12)26-11-25-16/h1-4,9-10H,5-8,11H2. The lowest BCUT2D eigenvalue weighted by Gasteiger charge is -2.26. The summed E-state index contributed by atoms with van der Waals surface area (Å²) >= 11 is 0. The molecule has 0 spiro atoms. The van der Waals surface area contributed by atoms with Crippen LogP contribution in [0.5, 0.6) is 17.2 Å². The molecule has 2 aliphatic heterocycles. The Bertz CT molecular complexity index is 1020. The van der Waals surface area contributed by atoms with Crippen LogP contribution >= 0.6 is 0 Å². The van der Waals surface area contributed by atoms with E-state index >= 15 is 0 Å². The zero-order valence-electron chi connectivity index (χ0n) is 14.6. The number of esters is 1. The maximum absolute atomic E-state index is 14.2. The minimum atomic E-state index is -3.87. The molecule has 0 aliphatic carbocycles. The molecule has 0 bridgehead atoms. The van der Waals surface area contributed by atoms with Gasteiger partial charge in [0.25, 0.3) is 0 Å². The van der Waals surface area contributed by atoms with Crippen molar-refractivity contribution >= 4 is 16.0 Å². The van der Waals surface area contributed by atoms with Gasteiger partial charge in [0.15, 0.2) is 11.5 Å². The van der Waals surface area contributed by atoms with Crippen LogP contribution in [0.2, 0.25) is 0 Å². The molecule has 1 fully saturated rings. The first kappa shape index (κ1) is 18.7. The van der Waals surface area contributed by atoms with Crippen LogP contribution in [0.4, 0.5) is 4.39 Å². The summed E-state index contributed by atoms with van der Waals surface area (Å²) in [5.74, 6) is -0.879. The number of fused-ring (bicyclic) bond motifs is 1. The smallest absolute Gasteiger partial charge is 0.346 e. The topological polar surface area (TPSA) is 91.4 Å². The molecule has 2 aromatic rings. The molecule has 0 aromatic heterocycles. The molecule has 0 N–H and O–H groups in total. The number of nitrogens with zero attached hydrogens (tertiary/aromatic N) is 1.